The van der Waals surface area contributed by atoms with Crippen molar-refractivity contribution in [1.29, 1.82) is 0 Å². The maximum absolute atomic E-state index is 13.3. The van der Waals surface area contributed by atoms with E-state index in [4.69, 9.17) is 9.15 Å². The second kappa shape index (κ2) is 10.8. The molecule has 0 spiro atoms. The van der Waals surface area contributed by atoms with E-state index in [0.717, 1.165) is 28.0 Å². The van der Waals surface area contributed by atoms with Gasteiger partial charge in [0.2, 0.25) is 10.0 Å². The third-order valence-corrected chi connectivity index (χ3v) is 7.77. The number of carbonyl (C=O) groups excluding carboxylic acids is 1. The summed E-state index contributed by atoms with van der Waals surface area (Å²) in [6, 6.07) is 21.4. The lowest BCUT2D eigenvalue weighted by atomic mass is 10.1. The van der Waals surface area contributed by atoms with Crippen LogP contribution in [0.25, 0.3) is 11.3 Å². The molecule has 3 N–H and O–H groups in total. The number of rotatable bonds is 9. The van der Waals surface area contributed by atoms with Crippen LogP contribution in [0.1, 0.15) is 40.9 Å². The Bertz CT molecular complexity index is 1560. The fourth-order valence-corrected chi connectivity index (χ4v) is 5.68. The van der Waals surface area contributed by atoms with Gasteiger partial charge >= 0.3 is 0 Å². The average Bonchev–Trinajstić information content (AvgIpc) is 3.59. The van der Waals surface area contributed by atoms with E-state index >= 15 is 0 Å². The van der Waals surface area contributed by atoms with Gasteiger partial charge in [0, 0.05) is 35.1 Å². The van der Waals surface area contributed by atoms with E-state index in [1.165, 1.54) is 12.1 Å². The van der Waals surface area contributed by atoms with E-state index in [-0.39, 0.29) is 16.5 Å². The number of furan rings is 1. The summed E-state index contributed by atoms with van der Waals surface area (Å²) >= 11 is 0. The maximum Gasteiger partial charge on any atom is 0.255 e. The Morgan fingerprint density at radius 2 is 1.74 bits per heavy atom. The van der Waals surface area contributed by atoms with Crippen molar-refractivity contribution in [2.24, 2.45) is 0 Å². The summed E-state index contributed by atoms with van der Waals surface area (Å²) in [4.78, 5) is 13.3. The zero-order chi connectivity index (χ0) is 26.7. The standard InChI is InChI=1S/C29H29N3O5S/c1-19(2)32-38(34,35)26-14-22(29(33)31-24-10-9-21-17-36-18-23(21)13-24)12-25(15-26)30-16-20-6-3-4-7-27(20)28-8-5-11-37-28/h3-15,19,30,32H,16-18H2,1-2H3,(H,31,33). The van der Waals surface area contributed by atoms with Crippen LogP contribution in [0, 0.1) is 0 Å². The third kappa shape index (κ3) is 5.80. The molecule has 1 aliphatic heterocycles. The van der Waals surface area contributed by atoms with E-state index in [1.54, 1.807) is 26.2 Å². The van der Waals surface area contributed by atoms with Crippen LogP contribution in [-0.2, 0) is 34.5 Å². The molecule has 3 aromatic carbocycles. The first kappa shape index (κ1) is 25.7. The molecule has 1 amide bonds. The van der Waals surface area contributed by atoms with Gasteiger partial charge in [-0.2, -0.15) is 0 Å². The molecule has 0 aliphatic carbocycles. The molecule has 38 heavy (non-hydrogen) atoms. The molecule has 0 bridgehead atoms. The molecule has 1 aromatic heterocycles. The number of ether oxygens (including phenoxy) is 1. The Kier molecular flexibility index (Phi) is 7.33. The number of nitrogens with one attached hydrogen (secondary N) is 3. The highest BCUT2D eigenvalue weighted by Gasteiger charge is 2.20. The molecule has 0 fully saturated rings. The predicted octanol–water partition coefficient (Wildman–Crippen LogP) is 5.53. The largest absolute Gasteiger partial charge is 0.464 e. The number of hydrogen-bond acceptors (Lipinski definition) is 6. The Balaban J connectivity index is 1.44. The van der Waals surface area contributed by atoms with Crippen molar-refractivity contribution in [1.82, 2.24) is 4.72 Å². The molecular weight excluding hydrogens is 502 g/mol. The van der Waals surface area contributed by atoms with Crippen molar-refractivity contribution < 1.29 is 22.4 Å². The number of fused-ring (bicyclic) bond motifs is 1. The monoisotopic (exact) mass is 531 g/mol. The minimum atomic E-state index is -3.85. The van der Waals surface area contributed by atoms with Crippen molar-refractivity contribution in [3.63, 3.8) is 0 Å². The van der Waals surface area contributed by atoms with Crippen LogP contribution in [0.2, 0.25) is 0 Å². The lowest BCUT2D eigenvalue weighted by molar-refractivity contribution is 0.102. The highest BCUT2D eigenvalue weighted by atomic mass is 32.2. The van der Waals surface area contributed by atoms with E-state index in [2.05, 4.69) is 15.4 Å². The van der Waals surface area contributed by atoms with Crippen molar-refractivity contribution in [3.05, 3.63) is 101 Å². The minimum Gasteiger partial charge on any atom is -0.464 e. The van der Waals surface area contributed by atoms with Gasteiger partial charge in [0.15, 0.2) is 0 Å². The lowest BCUT2D eigenvalue weighted by Gasteiger charge is -2.15. The van der Waals surface area contributed by atoms with Gasteiger partial charge in [-0.1, -0.05) is 30.3 Å². The lowest BCUT2D eigenvalue weighted by Crippen LogP contribution is -2.30. The van der Waals surface area contributed by atoms with Gasteiger partial charge in [0.1, 0.15) is 5.76 Å². The fraction of sp³-hybridized carbons (Fsp3) is 0.207. The zero-order valence-corrected chi connectivity index (χ0v) is 22.0. The van der Waals surface area contributed by atoms with E-state index in [0.29, 0.717) is 31.1 Å². The SMILES string of the molecule is CC(C)NS(=O)(=O)c1cc(NCc2ccccc2-c2ccco2)cc(C(=O)Nc2ccc3c(c2)COC3)c1. The van der Waals surface area contributed by atoms with E-state index < -0.39 is 15.9 Å². The maximum atomic E-state index is 13.3. The molecule has 4 aromatic rings. The molecule has 0 saturated carbocycles. The summed E-state index contributed by atoms with van der Waals surface area (Å²) in [6.07, 6.45) is 1.62. The summed E-state index contributed by atoms with van der Waals surface area (Å²) in [5.41, 5.74) is 5.34. The molecular formula is C29H29N3O5S. The fourth-order valence-electron chi connectivity index (χ4n) is 4.36. The molecule has 0 atom stereocenters. The van der Waals surface area contributed by atoms with Crippen LogP contribution in [0.4, 0.5) is 11.4 Å². The first-order valence-electron chi connectivity index (χ1n) is 12.3. The molecule has 0 saturated heterocycles. The number of amides is 1. The Hall–Kier alpha value is -3.92. The minimum absolute atomic E-state index is 0.00280. The quantitative estimate of drug-likeness (QED) is 0.262. The van der Waals surface area contributed by atoms with Crippen LogP contribution in [0.3, 0.4) is 0 Å². The highest BCUT2D eigenvalue weighted by molar-refractivity contribution is 7.89. The van der Waals surface area contributed by atoms with Crippen LogP contribution < -0.4 is 15.4 Å². The number of sulfonamides is 1. The van der Waals surface area contributed by atoms with Gasteiger partial charge in [0.25, 0.3) is 5.91 Å². The third-order valence-electron chi connectivity index (χ3n) is 6.14. The van der Waals surface area contributed by atoms with Gasteiger partial charge in [-0.15, -0.1) is 0 Å². The topological polar surface area (TPSA) is 110 Å². The van der Waals surface area contributed by atoms with E-state index in [9.17, 15) is 13.2 Å². The second-order valence-electron chi connectivity index (χ2n) is 9.44. The highest BCUT2D eigenvalue weighted by Crippen LogP contribution is 2.27. The summed E-state index contributed by atoms with van der Waals surface area (Å²) < 4.78 is 39.7. The summed E-state index contributed by atoms with van der Waals surface area (Å²) in [6.45, 7) is 4.95. The molecule has 0 radical (unpaired) electrons. The van der Waals surface area contributed by atoms with Crippen molar-refractivity contribution in [2.45, 2.75) is 44.5 Å². The first-order valence-corrected chi connectivity index (χ1v) is 13.8. The Morgan fingerprint density at radius 1 is 0.921 bits per heavy atom. The summed E-state index contributed by atoms with van der Waals surface area (Å²) in [5, 5.41) is 6.18. The van der Waals surface area contributed by atoms with Crippen LogP contribution >= 0.6 is 0 Å². The number of carbonyl (C=O) groups is 1. The van der Waals surface area contributed by atoms with Crippen molar-refractivity contribution >= 4 is 27.3 Å². The molecule has 5 rings (SSSR count). The zero-order valence-electron chi connectivity index (χ0n) is 21.2. The average molecular weight is 532 g/mol. The molecule has 196 valence electrons. The van der Waals surface area contributed by atoms with Crippen LogP contribution in [0.5, 0.6) is 0 Å². The number of anilines is 2. The van der Waals surface area contributed by atoms with Crippen LogP contribution in [0.15, 0.2) is 88.4 Å². The smallest absolute Gasteiger partial charge is 0.255 e. The van der Waals surface area contributed by atoms with Crippen molar-refractivity contribution in [3.8, 4) is 11.3 Å². The number of hydrogen-bond donors (Lipinski definition) is 3. The van der Waals surface area contributed by atoms with Crippen LogP contribution in [-0.4, -0.2) is 20.4 Å². The molecule has 1 aliphatic rings. The van der Waals surface area contributed by atoms with Gasteiger partial charge in [-0.3, -0.25) is 4.79 Å². The number of benzene rings is 3. The molecule has 8 nitrogen and oxygen atoms in total. The van der Waals surface area contributed by atoms with Gasteiger partial charge in [-0.05, 0) is 73.0 Å². The second-order valence-corrected chi connectivity index (χ2v) is 11.2. The van der Waals surface area contributed by atoms with E-state index in [1.807, 2.05) is 54.6 Å². The van der Waals surface area contributed by atoms with Crippen molar-refractivity contribution in [2.75, 3.05) is 10.6 Å². The molecule has 2 heterocycles. The Labute approximate surface area is 222 Å². The predicted molar refractivity (Wildman–Crippen MR) is 146 cm³/mol. The van der Waals surface area contributed by atoms with Gasteiger partial charge in [-0.25, -0.2) is 13.1 Å². The first-order chi connectivity index (χ1) is 18.3. The molecule has 9 heteroatoms. The normalized spacial score (nSPS) is 12.9. The Morgan fingerprint density at radius 3 is 2.53 bits per heavy atom. The summed E-state index contributed by atoms with van der Waals surface area (Å²) in [5.74, 6) is 0.323. The molecule has 0 unspecified atom stereocenters. The summed E-state index contributed by atoms with van der Waals surface area (Å²) in [7, 11) is -3.85. The van der Waals surface area contributed by atoms with Gasteiger partial charge < -0.3 is 19.8 Å². The van der Waals surface area contributed by atoms with Gasteiger partial charge in [0.05, 0.1) is 24.4 Å².